The van der Waals surface area contributed by atoms with E-state index in [0.29, 0.717) is 10.8 Å². The first kappa shape index (κ1) is 19.5. The molecular weight excluding hydrogens is 356 g/mol. The average molecular weight is 375 g/mol. The molecule has 0 spiro atoms. The van der Waals surface area contributed by atoms with Crippen molar-refractivity contribution >= 4 is 29.4 Å². The van der Waals surface area contributed by atoms with E-state index < -0.39 is 5.97 Å². The summed E-state index contributed by atoms with van der Waals surface area (Å²) in [6, 6.07) is 10.1. The third-order valence-corrected chi connectivity index (χ3v) is 3.80. The molecule has 0 aliphatic rings. The highest BCUT2D eigenvalue weighted by Gasteiger charge is 2.20. The van der Waals surface area contributed by atoms with Gasteiger partial charge in [-0.25, -0.2) is 0 Å². The van der Waals surface area contributed by atoms with E-state index >= 15 is 0 Å². The Morgan fingerprint density at radius 2 is 1.69 bits per heavy atom. The largest absolute Gasteiger partial charge is 0.496 e. The zero-order chi connectivity index (χ0) is 19.1. The Bertz CT molecular complexity index is 825. The van der Waals surface area contributed by atoms with Gasteiger partial charge in [0.1, 0.15) is 22.8 Å². The standard InChI is InChI=1S/C20H19ClO5/c1-4-19(23)26-18-12-15(24-2)11-17(25-3)20(18)16(22)10-7-13-5-8-14(21)9-6-13/h5-12H,4H2,1-3H3/b10-7+. The van der Waals surface area contributed by atoms with Crippen molar-refractivity contribution in [2.75, 3.05) is 14.2 Å². The molecular formula is C20H19ClO5. The molecule has 0 bridgehead atoms. The van der Waals surface area contributed by atoms with Gasteiger partial charge in [-0.2, -0.15) is 0 Å². The molecule has 0 saturated carbocycles. The number of carbonyl (C=O) groups excluding carboxylic acids is 2. The van der Waals surface area contributed by atoms with Crippen molar-refractivity contribution in [1.82, 2.24) is 0 Å². The van der Waals surface area contributed by atoms with Gasteiger partial charge in [-0.05, 0) is 23.8 Å². The number of rotatable bonds is 7. The van der Waals surface area contributed by atoms with Gasteiger partial charge in [0.25, 0.3) is 0 Å². The van der Waals surface area contributed by atoms with E-state index in [-0.39, 0.29) is 29.3 Å². The molecule has 5 nitrogen and oxygen atoms in total. The molecule has 26 heavy (non-hydrogen) atoms. The number of carbonyl (C=O) groups is 2. The number of benzene rings is 2. The van der Waals surface area contributed by atoms with Crippen molar-refractivity contribution in [2.24, 2.45) is 0 Å². The van der Waals surface area contributed by atoms with Crippen LogP contribution in [0, 0.1) is 0 Å². The molecule has 6 heteroatoms. The predicted octanol–water partition coefficient (Wildman–Crippen LogP) is 4.57. The van der Waals surface area contributed by atoms with Gasteiger partial charge < -0.3 is 14.2 Å². The molecule has 0 saturated heterocycles. The second-order valence-electron chi connectivity index (χ2n) is 5.28. The SMILES string of the molecule is CCC(=O)Oc1cc(OC)cc(OC)c1C(=O)/C=C/c1ccc(Cl)cc1. The Hall–Kier alpha value is -2.79. The van der Waals surface area contributed by atoms with Gasteiger partial charge in [-0.15, -0.1) is 0 Å². The summed E-state index contributed by atoms with van der Waals surface area (Å²) in [6.45, 7) is 1.67. The van der Waals surface area contributed by atoms with Crippen LogP contribution in [0.2, 0.25) is 5.02 Å². The van der Waals surface area contributed by atoms with Gasteiger partial charge in [0, 0.05) is 23.6 Å². The summed E-state index contributed by atoms with van der Waals surface area (Å²) >= 11 is 5.85. The van der Waals surface area contributed by atoms with Crippen molar-refractivity contribution in [2.45, 2.75) is 13.3 Å². The van der Waals surface area contributed by atoms with Crippen LogP contribution in [0.3, 0.4) is 0 Å². The molecule has 0 radical (unpaired) electrons. The Labute approximate surface area is 157 Å². The molecule has 0 heterocycles. The van der Waals surface area contributed by atoms with E-state index in [0.717, 1.165) is 5.56 Å². The van der Waals surface area contributed by atoms with Crippen LogP contribution in [-0.4, -0.2) is 26.0 Å². The Morgan fingerprint density at radius 1 is 1.04 bits per heavy atom. The minimum atomic E-state index is -0.462. The summed E-state index contributed by atoms with van der Waals surface area (Å²) in [4.78, 5) is 24.5. The van der Waals surface area contributed by atoms with Crippen LogP contribution in [0.4, 0.5) is 0 Å². The molecule has 0 amide bonds. The highest BCUT2D eigenvalue weighted by Crippen LogP contribution is 2.35. The van der Waals surface area contributed by atoms with E-state index in [1.807, 2.05) is 0 Å². The first-order valence-corrected chi connectivity index (χ1v) is 8.31. The fraction of sp³-hybridized carbons (Fsp3) is 0.200. The van der Waals surface area contributed by atoms with Crippen LogP contribution in [0.15, 0.2) is 42.5 Å². The lowest BCUT2D eigenvalue weighted by Crippen LogP contribution is -2.10. The van der Waals surface area contributed by atoms with Crippen molar-refractivity contribution in [3.63, 3.8) is 0 Å². The van der Waals surface area contributed by atoms with Gasteiger partial charge in [-0.3, -0.25) is 9.59 Å². The maximum Gasteiger partial charge on any atom is 0.310 e. The molecule has 0 aliphatic carbocycles. The number of halogens is 1. The average Bonchev–Trinajstić information content (AvgIpc) is 2.66. The van der Waals surface area contributed by atoms with E-state index in [4.69, 9.17) is 25.8 Å². The molecule has 136 valence electrons. The highest BCUT2D eigenvalue weighted by atomic mass is 35.5. The van der Waals surface area contributed by atoms with Gasteiger partial charge in [0.2, 0.25) is 0 Å². The molecule has 0 fully saturated rings. The topological polar surface area (TPSA) is 61.8 Å². The predicted molar refractivity (Wildman–Crippen MR) is 100 cm³/mol. The quantitative estimate of drug-likeness (QED) is 0.307. The molecule has 2 aromatic rings. The van der Waals surface area contributed by atoms with Crippen molar-refractivity contribution < 1.29 is 23.8 Å². The van der Waals surface area contributed by atoms with Crippen molar-refractivity contribution in [3.8, 4) is 17.2 Å². The number of hydrogen-bond donors (Lipinski definition) is 0. The summed E-state index contributed by atoms with van der Waals surface area (Å²) in [5.41, 5.74) is 0.961. The minimum Gasteiger partial charge on any atom is -0.496 e. The summed E-state index contributed by atoms with van der Waals surface area (Å²) in [5.74, 6) is -0.0545. The number of ketones is 1. The number of methoxy groups -OCH3 is 2. The van der Waals surface area contributed by atoms with Gasteiger partial charge in [-0.1, -0.05) is 36.7 Å². The smallest absolute Gasteiger partial charge is 0.310 e. The molecule has 0 N–H and O–H groups in total. The maximum absolute atomic E-state index is 12.7. The van der Waals surface area contributed by atoms with Crippen LogP contribution in [0.1, 0.15) is 29.3 Å². The van der Waals surface area contributed by atoms with Crippen molar-refractivity contribution in [1.29, 1.82) is 0 Å². The van der Waals surface area contributed by atoms with E-state index in [2.05, 4.69) is 0 Å². The first-order valence-electron chi connectivity index (χ1n) is 7.93. The number of ether oxygens (including phenoxy) is 3. The minimum absolute atomic E-state index is 0.0961. The molecule has 2 rings (SSSR count). The molecule has 0 aromatic heterocycles. The Balaban J connectivity index is 2.42. The number of esters is 1. The third-order valence-electron chi connectivity index (χ3n) is 3.55. The summed E-state index contributed by atoms with van der Waals surface area (Å²) in [6.07, 6.45) is 3.21. The summed E-state index contributed by atoms with van der Waals surface area (Å²) in [5, 5.41) is 0.610. The summed E-state index contributed by atoms with van der Waals surface area (Å²) < 4.78 is 15.8. The second kappa shape index (κ2) is 9.06. The van der Waals surface area contributed by atoms with Gasteiger partial charge >= 0.3 is 5.97 Å². The zero-order valence-electron chi connectivity index (χ0n) is 14.7. The molecule has 0 unspecified atom stereocenters. The van der Waals surface area contributed by atoms with E-state index in [9.17, 15) is 9.59 Å². The lowest BCUT2D eigenvalue weighted by molar-refractivity contribution is -0.134. The third kappa shape index (κ3) is 4.86. The van der Waals surface area contributed by atoms with Crippen LogP contribution in [0.5, 0.6) is 17.2 Å². The lowest BCUT2D eigenvalue weighted by Gasteiger charge is -2.13. The second-order valence-corrected chi connectivity index (χ2v) is 5.72. The molecule has 2 aromatic carbocycles. The number of hydrogen-bond acceptors (Lipinski definition) is 5. The Kier molecular flexibility index (Phi) is 6.81. The zero-order valence-corrected chi connectivity index (χ0v) is 15.5. The van der Waals surface area contributed by atoms with E-state index in [1.165, 1.54) is 26.4 Å². The Morgan fingerprint density at radius 3 is 2.27 bits per heavy atom. The van der Waals surface area contributed by atoms with Gasteiger partial charge in [0.05, 0.1) is 14.2 Å². The number of allylic oxidation sites excluding steroid dienone is 1. The molecule has 0 aliphatic heterocycles. The fourth-order valence-corrected chi connectivity index (χ4v) is 2.32. The van der Waals surface area contributed by atoms with Crippen molar-refractivity contribution in [3.05, 3.63) is 58.6 Å². The fourth-order valence-electron chi connectivity index (χ4n) is 2.19. The monoisotopic (exact) mass is 374 g/mol. The highest BCUT2D eigenvalue weighted by molar-refractivity contribution is 6.30. The summed E-state index contributed by atoms with van der Waals surface area (Å²) in [7, 11) is 2.90. The van der Waals surface area contributed by atoms with Gasteiger partial charge in [0.15, 0.2) is 5.78 Å². The van der Waals surface area contributed by atoms with Crippen LogP contribution < -0.4 is 14.2 Å². The maximum atomic E-state index is 12.7. The van der Waals surface area contributed by atoms with E-state index in [1.54, 1.807) is 43.3 Å². The lowest BCUT2D eigenvalue weighted by atomic mass is 10.1. The normalized spacial score (nSPS) is 10.6. The van der Waals surface area contributed by atoms with Crippen LogP contribution in [0.25, 0.3) is 6.08 Å². The van der Waals surface area contributed by atoms with Crippen LogP contribution >= 0.6 is 11.6 Å². The molecule has 0 atom stereocenters. The van der Waals surface area contributed by atoms with Crippen LogP contribution in [-0.2, 0) is 4.79 Å². The first-order chi connectivity index (χ1) is 12.5.